The summed E-state index contributed by atoms with van der Waals surface area (Å²) < 4.78 is 27.8. The third-order valence-corrected chi connectivity index (χ3v) is 6.94. The van der Waals surface area contributed by atoms with Crippen LogP contribution in [0.3, 0.4) is 0 Å². The highest BCUT2D eigenvalue weighted by atomic mass is 32.2. The van der Waals surface area contributed by atoms with E-state index in [-0.39, 0.29) is 10.5 Å². The summed E-state index contributed by atoms with van der Waals surface area (Å²) in [6, 6.07) is 22.3. The largest absolute Gasteiger partial charge is 0.322 e. The number of sulfonamides is 1. The molecule has 1 aliphatic rings. The van der Waals surface area contributed by atoms with Gasteiger partial charge in [0.25, 0.3) is 5.91 Å². The molecular weight excluding hydrogens is 398 g/mol. The quantitative estimate of drug-likeness (QED) is 0.703. The fraction of sp³-hybridized carbons (Fsp3) is 0.130. The second kappa shape index (κ2) is 8.11. The molecule has 0 fully saturated rings. The van der Waals surface area contributed by atoms with Crippen molar-refractivity contribution in [2.75, 3.05) is 11.9 Å². The van der Waals surface area contributed by atoms with Crippen LogP contribution in [0.5, 0.6) is 0 Å². The number of nitrogens with one attached hydrogen (secondary N) is 1. The molecule has 0 saturated carbocycles. The van der Waals surface area contributed by atoms with Crippen LogP contribution in [-0.4, -0.2) is 25.2 Å². The van der Waals surface area contributed by atoms with Gasteiger partial charge in [-0.2, -0.15) is 9.57 Å². The van der Waals surface area contributed by atoms with Gasteiger partial charge < -0.3 is 5.32 Å². The molecule has 7 heteroatoms. The average molecular weight is 417 g/mol. The first kappa shape index (κ1) is 19.8. The molecule has 1 N–H and O–H groups in total. The maximum absolute atomic E-state index is 13.2. The van der Waals surface area contributed by atoms with Crippen LogP contribution in [-0.2, 0) is 23.0 Å². The number of nitriles is 1. The number of hydrogen-bond donors (Lipinski definition) is 1. The SMILES string of the molecule is N#Cc1ccc(NC(=O)c2cccc(S(=O)(=O)N3CCc4ccccc4C3)c2)cc1. The Labute approximate surface area is 175 Å². The predicted octanol–water partition coefficient (Wildman–Crippen LogP) is 3.56. The lowest BCUT2D eigenvalue weighted by Gasteiger charge is -2.28. The van der Waals surface area contributed by atoms with E-state index in [1.165, 1.54) is 22.0 Å². The van der Waals surface area contributed by atoms with Crippen LogP contribution in [0.15, 0.2) is 77.7 Å². The molecule has 0 aromatic heterocycles. The van der Waals surface area contributed by atoms with Gasteiger partial charge in [-0.25, -0.2) is 8.42 Å². The van der Waals surface area contributed by atoms with Gasteiger partial charge in [-0.1, -0.05) is 30.3 Å². The highest BCUT2D eigenvalue weighted by molar-refractivity contribution is 7.89. The van der Waals surface area contributed by atoms with Crippen LogP contribution in [0.2, 0.25) is 0 Å². The lowest BCUT2D eigenvalue weighted by molar-refractivity contribution is 0.102. The van der Waals surface area contributed by atoms with Gasteiger partial charge in [0.05, 0.1) is 16.5 Å². The van der Waals surface area contributed by atoms with Crippen molar-refractivity contribution >= 4 is 21.6 Å². The summed E-state index contributed by atoms with van der Waals surface area (Å²) in [4.78, 5) is 12.7. The minimum atomic E-state index is -3.73. The Morgan fingerprint density at radius 3 is 2.43 bits per heavy atom. The van der Waals surface area contributed by atoms with Crippen molar-refractivity contribution in [2.45, 2.75) is 17.9 Å². The average Bonchev–Trinajstić information content (AvgIpc) is 2.79. The van der Waals surface area contributed by atoms with Gasteiger partial charge in [-0.3, -0.25) is 4.79 Å². The zero-order valence-corrected chi connectivity index (χ0v) is 16.9. The summed E-state index contributed by atoms with van der Waals surface area (Å²) in [7, 11) is -3.73. The number of rotatable bonds is 4. The number of anilines is 1. The van der Waals surface area contributed by atoms with Gasteiger partial charge in [0.1, 0.15) is 0 Å². The summed E-state index contributed by atoms with van der Waals surface area (Å²) in [6.45, 7) is 0.723. The maximum atomic E-state index is 13.2. The Balaban J connectivity index is 1.55. The van der Waals surface area contributed by atoms with Crippen molar-refractivity contribution in [3.8, 4) is 6.07 Å². The zero-order valence-electron chi connectivity index (χ0n) is 16.1. The topological polar surface area (TPSA) is 90.3 Å². The molecule has 0 radical (unpaired) electrons. The minimum Gasteiger partial charge on any atom is -0.322 e. The zero-order chi connectivity index (χ0) is 21.1. The lowest BCUT2D eigenvalue weighted by atomic mass is 10.0. The monoisotopic (exact) mass is 417 g/mol. The van der Waals surface area contributed by atoms with Crippen LogP contribution in [0.25, 0.3) is 0 Å². The predicted molar refractivity (Wildman–Crippen MR) is 113 cm³/mol. The van der Waals surface area contributed by atoms with Crippen molar-refractivity contribution in [1.82, 2.24) is 4.31 Å². The van der Waals surface area contributed by atoms with Crippen LogP contribution < -0.4 is 5.32 Å². The molecule has 1 amide bonds. The summed E-state index contributed by atoms with van der Waals surface area (Å²) >= 11 is 0. The number of fused-ring (bicyclic) bond motifs is 1. The second-order valence-corrected chi connectivity index (χ2v) is 8.97. The number of amides is 1. The van der Waals surface area contributed by atoms with Gasteiger partial charge in [-0.05, 0) is 60.0 Å². The Hall–Kier alpha value is -3.47. The van der Waals surface area contributed by atoms with Crippen molar-refractivity contribution in [3.63, 3.8) is 0 Å². The summed E-state index contributed by atoms with van der Waals surface area (Å²) in [5.41, 5.74) is 3.43. The Bertz CT molecular complexity index is 1250. The fourth-order valence-electron chi connectivity index (χ4n) is 3.45. The molecule has 0 spiro atoms. The molecule has 3 aromatic rings. The maximum Gasteiger partial charge on any atom is 0.255 e. The smallest absolute Gasteiger partial charge is 0.255 e. The molecule has 1 heterocycles. The molecule has 1 aliphatic heterocycles. The van der Waals surface area contributed by atoms with Gasteiger partial charge >= 0.3 is 0 Å². The number of carbonyl (C=O) groups is 1. The standard InChI is InChI=1S/C23H19N3O3S/c24-15-17-8-10-21(11-9-17)25-23(27)19-6-3-7-22(14-19)30(28,29)26-13-12-18-4-1-2-5-20(18)16-26/h1-11,14H,12-13,16H2,(H,25,27). The van der Waals surface area contributed by atoms with Gasteiger partial charge in [-0.15, -0.1) is 0 Å². The molecule has 4 rings (SSSR count). The van der Waals surface area contributed by atoms with E-state index in [4.69, 9.17) is 5.26 Å². The molecule has 150 valence electrons. The van der Waals surface area contributed by atoms with E-state index in [9.17, 15) is 13.2 Å². The van der Waals surface area contributed by atoms with Crippen molar-refractivity contribution in [3.05, 3.63) is 95.1 Å². The van der Waals surface area contributed by atoms with E-state index in [1.54, 1.807) is 36.4 Å². The van der Waals surface area contributed by atoms with Crippen LogP contribution in [0.4, 0.5) is 5.69 Å². The van der Waals surface area contributed by atoms with E-state index in [0.717, 1.165) is 5.56 Å². The van der Waals surface area contributed by atoms with Gasteiger partial charge in [0, 0.05) is 24.3 Å². The number of nitrogens with zero attached hydrogens (tertiary/aromatic N) is 2. The molecule has 0 aliphatic carbocycles. The summed E-state index contributed by atoms with van der Waals surface area (Å²) in [6.07, 6.45) is 0.661. The van der Waals surface area contributed by atoms with Crippen molar-refractivity contribution in [2.24, 2.45) is 0 Å². The number of benzene rings is 3. The van der Waals surface area contributed by atoms with Crippen LogP contribution in [0, 0.1) is 11.3 Å². The molecule has 0 atom stereocenters. The molecule has 0 bridgehead atoms. The summed E-state index contributed by atoms with van der Waals surface area (Å²) in [5, 5.41) is 11.6. The van der Waals surface area contributed by atoms with Crippen LogP contribution in [0.1, 0.15) is 27.0 Å². The molecule has 0 unspecified atom stereocenters. The van der Waals surface area contributed by atoms with E-state index >= 15 is 0 Å². The molecular formula is C23H19N3O3S. The molecule has 30 heavy (non-hydrogen) atoms. The second-order valence-electron chi connectivity index (χ2n) is 7.03. The normalized spacial score (nSPS) is 13.8. The van der Waals surface area contributed by atoms with Crippen LogP contribution >= 0.6 is 0 Å². The van der Waals surface area contributed by atoms with E-state index < -0.39 is 15.9 Å². The first-order valence-electron chi connectivity index (χ1n) is 9.46. The third-order valence-electron chi connectivity index (χ3n) is 5.10. The molecule has 3 aromatic carbocycles. The van der Waals surface area contributed by atoms with Crippen molar-refractivity contribution in [1.29, 1.82) is 5.26 Å². The van der Waals surface area contributed by atoms with Crippen molar-refractivity contribution < 1.29 is 13.2 Å². The third kappa shape index (κ3) is 3.96. The summed E-state index contributed by atoms with van der Waals surface area (Å²) in [5.74, 6) is -0.416. The Kier molecular flexibility index (Phi) is 5.36. The molecule has 6 nitrogen and oxygen atoms in total. The van der Waals surface area contributed by atoms with Gasteiger partial charge in [0.15, 0.2) is 0 Å². The lowest BCUT2D eigenvalue weighted by Crippen LogP contribution is -2.36. The number of carbonyl (C=O) groups excluding carboxylic acids is 1. The highest BCUT2D eigenvalue weighted by Gasteiger charge is 2.28. The van der Waals surface area contributed by atoms with E-state index in [1.807, 2.05) is 30.3 Å². The first-order chi connectivity index (χ1) is 14.5. The van der Waals surface area contributed by atoms with E-state index in [2.05, 4.69) is 5.32 Å². The van der Waals surface area contributed by atoms with Gasteiger partial charge in [0.2, 0.25) is 10.0 Å². The highest BCUT2D eigenvalue weighted by Crippen LogP contribution is 2.25. The Morgan fingerprint density at radius 2 is 1.70 bits per heavy atom. The molecule has 0 saturated heterocycles. The minimum absolute atomic E-state index is 0.0920. The number of hydrogen-bond acceptors (Lipinski definition) is 4. The fourth-order valence-corrected chi connectivity index (χ4v) is 4.92. The first-order valence-corrected chi connectivity index (χ1v) is 10.9. The van der Waals surface area contributed by atoms with E-state index in [0.29, 0.717) is 30.8 Å². The Morgan fingerprint density at radius 1 is 0.967 bits per heavy atom.